The lowest BCUT2D eigenvalue weighted by atomic mass is 10.1. The number of amidine groups is 1. The number of hydrogen-bond acceptors (Lipinski definition) is 6. The van der Waals surface area contributed by atoms with Crippen molar-refractivity contribution in [1.82, 2.24) is 9.80 Å². The second-order valence-corrected chi connectivity index (χ2v) is 11.6. The molecule has 2 atom stereocenters. The molecule has 1 aromatic carbocycles. The summed E-state index contributed by atoms with van der Waals surface area (Å²) in [5.74, 6) is 0.408. The Morgan fingerprint density at radius 3 is 2.43 bits per heavy atom. The number of likely N-dealkylation sites (tertiary alicyclic amines) is 1. The van der Waals surface area contributed by atoms with E-state index in [0.717, 1.165) is 19.2 Å². The van der Waals surface area contributed by atoms with E-state index in [2.05, 4.69) is 21.9 Å². The van der Waals surface area contributed by atoms with Gasteiger partial charge in [0.05, 0.1) is 11.2 Å². The lowest BCUT2D eigenvalue weighted by molar-refractivity contribution is 0.250. The highest BCUT2D eigenvalue weighted by Crippen LogP contribution is 2.36. The van der Waals surface area contributed by atoms with Gasteiger partial charge in [-0.25, -0.2) is 18.4 Å². The van der Waals surface area contributed by atoms with Crippen molar-refractivity contribution in [3.8, 4) is 0 Å². The van der Waals surface area contributed by atoms with Crippen molar-refractivity contribution >= 4 is 56.8 Å². The fourth-order valence-corrected chi connectivity index (χ4v) is 4.65. The second kappa shape index (κ2) is 8.48. The Morgan fingerprint density at radius 1 is 1.21 bits per heavy atom. The van der Waals surface area contributed by atoms with Gasteiger partial charge in [0, 0.05) is 24.4 Å². The van der Waals surface area contributed by atoms with Crippen LogP contribution in [0.5, 0.6) is 0 Å². The third-order valence-corrected chi connectivity index (χ3v) is 6.83. The Hall–Kier alpha value is -0.860. The highest BCUT2D eigenvalue weighted by atomic mass is 35.6. The smallest absolute Gasteiger partial charge is 0.230 e. The average Bonchev–Trinajstić information content (AvgIpc) is 3.03. The maximum atomic E-state index is 11.6. The molecule has 6 nitrogen and oxygen atoms in total. The third kappa shape index (κ3) is 5.19. The molecular formula is C18H23Cl3N4O2S. The number of benzene rings is 1. The summed E-state index contributed by atoms with van der Waals surface area (Å²) in [5, 5.41) is 0. The van der Waals surface area contributed by atoms with Gasteiger partial charge in [-0.05, 0) is 57.1 Å². The van der Waals surface area contributed by atoms with E-state index in [-0.39, 0.29) is 4.90 Å². The van der Waals surface area contributed by atoms with Crippen LogP contribution in [0.15, 0.2) is 39.1 Å². The van der Waals surface area contributed by atoms with Crippen LogP contribution in [0.2, 0.25) is 0 Å². The van der Waals surface area contributed by atoms with Crippen LogP contribution in [0.1, 0.15) is 24.8 Å². The monoisotopic (exact) mass is 464 g/mol. The lowest BCUT2D eigenvalue weighted by Gasteiger charge is -2.35. The van der Waals surface area contributed by atoms with Crippen LogP contribution in [0, 0.1) is 0 Å². The molecule has 154 valence electrons. The van der Waals surface area contributed by atoms with E-state index >= 15 is 0 Å². The van der Waals surface area contributed by atoms with E-state index in [0.29, 0.717) is 24.0 Å². The van der Waals surface area contributed by atoms with Gasteiger partial charge in [-0.3, -0.25) is 0 Å². The number of alkyl halides is 3. The molecule has 0 bridgehead atoms. The van der Waals surface area contributed by atoms with Crippen molar-refractivity contribution in [2.24, 2.45) is 9.98 Å². The average molecular weight is 466 g/mol. The Labute approximate surface area is 181 Å². The molecule has 2 aliphatic rings. The Morgan fingerprint density at radius 2 is 1.89 bits per heavy atom. The van der Waals surface area contributed by atoms with Crippen molar-refractivity contribution in [1.29, 1.82) is 0 Å². The topological polar surface area (TPSA) is 65.3 Å². The zero-order valence-corrected chi connectivity index (χ0v) is 18.8. The van der Waals surface area contributed by atoms with Gasteiger partial charge in [0.1, 0.15) is 0 Å². The van der Waals surface area contributed by atoms with Crippen LogP contribution in [0.25, 0.3) is 0 Å². The molecule has 2 aliphatic heterocycles. The largest absolute Gasteiger partial charge is 0.337 e. The van der Waals surface area contributed by atoms with Crippen molar-refractivity contribution in [2.75, 3.05) is 26.4 Å². The Bertz CT molecular complexity index is 866. The van der Waals surface area contributed by atoms with Gasteiger partial charge in [-0.2, -0.15) is 0 Å². The minimum atomic E-state index is -3.27. The van der Waals surface area contributed by atoms with Gasteiger partial charge in [0.25, 0.3) is 0 Å². The molecule has 28 heavy (non-hydrogen) atoms. The first-order chi connectivity index (χ1) is 13.1. The molecule has 3 rings (SSSR count). The van der Waals surface area contributed by atoms with Gasteiger partial charge >= 0.3 is 0 Å². The number of nitrogens with zero attached hydrogens (tertiary/aromatic N) is 4. The summed E-state index contributed by atoms with van der Waals surface area (Å²) in [6.07, 6.45) is 5.43. The normalized spacial score (nSPS) is 23.9. The SMILES string of the molecule is CN1CCCC1CCN1C=NC(c2ccc(S(C)(=O)=O)cc2)=NC1C(Cl)(Cl)Cl. The molecule has 10 heteroatoms. The number of rotatable bonds is 5. The van der Waals surface area contributed by atoms with Crippen molar-refractivity contribution in [3.05, 3.63) is 29.8 Å². The zero-order chi connectivity index (χ0) is 20.5. The van der Waals surface area contributed by atoms with Crippen molar-refractivity contribution in [3.63, 3.8) is 0 Å². The maximum Gasteiger partial charge on any atom is 0.230 e. The molecule has 0 amide bonds. The van der Waals surface area contributed by atoms with Gasteiger partial charge < -0.3 is 9.80 Å². The van der Waals surface area contributed by atoms with E-state index < -0.39 is 19.8 Å². The van der Waals surface area contributed by atoms with E-state index in [1.165, 1.54) is 25.0 Å². The first-order valence-corrected chi connectivity index (χ1v) is 12.0. The predicted octanol–water partition coefficient (Wildman–Crippen LogP) is 3.36. The van der Waals surface area contributed by atoms with Crippen LogP contribution in [0.4, 0.5) is 0 Å². The molecule has 0 N–H and O–H groups in total. The number of halogens is 3. The van der Waals surface area contributed by atoms with Crippen LogP contribution >= 0.6 is 34.8 Å². The standard InChI is InChI=1S/C18H23Cl3N4O2S/c1-24-10-3-4-14(24)9-11-25-12-22-16(23-17(25)18(19,20)21)13-5-7-15(8-6-13)28(2,26)27/h5-8,12,14,17H,3-4,9-11H2,1-2H3. The second-order valence-electron chi connectivity index (χ2n) is 7.21. The molecule has 1 aromatic rings. The van der Waals surface area contributed by atoms with E-state index in [1.54, 1.807) is 18.5 Å². The molecule has 1 fully saturated rings. The molecular weight excluding hydrogens is 443 g/mol. The predicted molar refractivity (Wildman–Crippen MR) is 116 cm³/mol. The van der Waals surface area contributed by atoms with E-state index in [4.69, 9.17) is 34.8 Å². The molecule has 1 saturated heterocycles. The fraction of sp³-hybridized carbons (Fsp3) is 0.556. The fourth-order valence-electron chi connectivity index (χ4n) is 3.50. The maximum absolute atomic E-state index is 11.6. The summed E-state index contributed by atoms with van der Waals surface area (Å²) >= 11 is 18.6. The number of sulfone groups is 1. The van der Waals surface area contributed by atoms with Crippen LogP contribution < -0.4 is 0 Å². The minimum absolute atomic E-state index is 0.233. The van der Waals surface area contributed by atoms with Gasteiger partial charge in [0.2, 0.25) is 3.79 Å². The number of aliphatic imine (C=N–C) groups is 2. The first kappa shape index (κ1) is 21.8. The summed E-state index contributed by atoms with van der Waals surface area (Å²) in [4.78, 5) is 13.4. The van der Waals surface area contributed by atoms with Gasteiger partial charge in [-0.15, -0.1) is 0 Å². The van der Waals surface area contributed by atoms with E-state index in [9.17, 15) is 8.42 Å². The van der Waals surface area contributed by atoms with Crippen LogP contribution in [0.3, 0.4) is 0 Å². The molecule has 0 radical (unpaired) electrons. The molecule has 2 heterocycles. The van der Waals surface area contributed by atoms with E-state index in [1.807, 2.05) is 4.90 Å². The Balaban J connectivity index is 1.77. The quantitative estimate of drug-likeness (QED) is 0.626. The molecule has 0 aromatic heterocycles. The summed E-state index contributed by atoms with van der Waals surface area (Å²) < 4.78 is 21.6. The molecule has 0 spiro atoms. The highest BCUT2D eigenvalue weighted by Gasteiger charge is 2.38. The first-order valence-electron chi connectivity index (χ1n) is 9.01. The molecule has 2 unspecified atom stereocenters. The summed E-state index contributed by atoms with van der Waals surface area (Å²) in [6.45, 7) is 1.79. The highest BCUT2D eigenvalue weighted by molar-refractivity contribution is 7.90. The van der Waals surface area contributed by atoms with Gasteiger partial charge in [0.15, 0.2) is 21.8 Å². The minimum Gasteiger partial charge on any atom is -0.337 e. The van der Waals surface area contributed by atoms with Gasteiger partial charge in [-0.1, -0.05) is 34.8 Å². The lowest BCUT2D eigenvalue weighted by Crippen LogP contribution is -2.46. The zero-order valence-electron chi connectivity index (χ0n) is 15.7. The number of hydrogen-bond donors (Lipinski definition) is 0. The summed E-state index contributed by atoms with van der Waals surface area (Å²) in [7, 11) is -1.14. The summed E-state index contributed by atoms with van der Waals surface area (Å²) in [5.41, 5.74) is 0.665. The molecule has 0 aliphatic carbocycles. The molecule has 0 saturated carbocycles. The Kier molecular flexibility index (Phi) is 6.61. The van der Waals surface area contributed by atoms with Crippen molar-refractivity contribution in [2.45, 2.75) is 40.2 Å². The summed E-state index contributed by atoms with van der Waals surface area (Å²) in [6, 6.07) is 6.87. The van der Waals surface area contributed by atoms with Crippen LogP contribution in [-0.2, 0) is 9.84 Å². The third-order valence-electron chi connectivity index (χ3n) is 5.11. The van der Waals surface area contributed by atoms with Crippen LogP contribution in [-0.4, -0.2) is 72.8 Å². The van der Waals surface area contributed by atoms with Crippen molar-refractivity contribution < 1.29 is 8.42 Å².